The van der Waals surface area contributed by atoms with E-state index >= 15 is 0 Å². The lowest BCUT2D eigenvalue weighted by Crippen LogP contribution is -2.35. The summed E-state index contributed by atoms with van der Waals surface area (Å²) in [6.45, 7) is 7.38. The Morgan fingerprint density at radius 2 is 2.21 bits per heavy atom. The Balaban J connectivity index is 1.93. The van der Waals surface area contributed by atoms with Gasteiger partial charge in [-0.2, -0.15) is 0 Å². The fourth-order valence-corrected chi connectivity index (χ4v) is 2.72. The molecule has 1 amide bonds. The molecule has 3 N–H and O–H groups in total. The number of likely N-dealkylation sites (tertiary alicyclic amines) is 1. The van der Waals surface area contributed by atoms with Crippen LogP contribution in [0.25, 0.3) is 0 Å². The maximum Gasteiger partial charge on any atom is 0.268 e. The molecule has 2 heterocycles. The van der Waals surface area contributed by atoms with Gasteiger partial charge in [0.05, 0.1) is 18.4 Å². The number of rotatable bonds is 4. The third kappa shape index (κ3) is 3.36. The zero-order chi connectivity index (χ0) is 13.8. The third-order valence-electron chi connectivity index (χ3n) is 4.06. The van der Waals surface area contributed by atoms with Crippen molar-refractivity contribution in [3.8, 4) is 0 Å². The number of hydrazine groups is 1. The summed E-state index contributed by atoms with van der Waals surface area (Å²) in [6.07, 6.45) is 3.98. The van der Waals surface area contributed by atoms with Crippen LogP contribution in [-0.2, 0) is 6.54 Å². The monoisotopic (exact) mass is 265 g/mol. The van der Waals surface area contributed by atoms with E-state index in [2.05, 4.69) is 24.2 Å². The van der Waals surface area contributed by atoms with Gasteiger partial charge >= 0.3 is 0 Å². The van der Waals surface area contributed by atoms with Crippen molar-refractivity contribution >= 4 is 5.91 Å². The number of furan rings is 1. The van der Waals surface area contributed by atoms with Gasteiger partial charge in [0.2, 0.25) is 0 Å². The van der Waals surface area contributed by atoms with Crippen LogP contribution in [-0.4, -0.2) is 23.9 Å². The summed E-state index contributed by atoms with van der Waals surface area (Å²) in [6, 6.07) is 1.67. The first-order valence-electron chi connectivity index (χ1n) is 6.91. The number of piperidine rings is 1. The zero-order valence-corrected chi connectivity index (χ0v) is 11.7. The first kappa shape index (κ1) is 14.1. The Bertz CT molecular complexity index is 420. The molecule has 1 aromatic heterocycles. The van der Waals surface area contributed by atoms with Crippen LogP contribution in [0.2, 0.25) is 0 Å². The predicted octanol–water partition coefficient (Wildman–Crippen LogP) is 1.75. The second-order valence-corrected chi connectivity index (χ2v) is 5.59. The summed E-state index contributed by atoms with van der Waals surface area (Å²) in [5.74, 6) is 7.14. The van der Waals surface area contributed by atoms with Gasteiger partial charge in [0.15, 0.2) is 0 Å². The molecule has 1 aliphatic rings. The molecule has 1 aliphatic heterocycles. The van der Waals surface area contributed by atoms with Crippen molar-refractivity contribution in [2.45, 2.75) is 33.2 Å². The van der Waals surface area contributed by atoms with E-state index in [4.69, 9.17) is 10.3 Å². The lowest BCUT2D eigenvalue weighted by molar-refractivity contribution is 0.0947. The number of nitrogens with two attached hydrogens (primary N) is 1. The number of hydrogen-bond acceptors (Lipinski definition) is 4. The molecule has 0 unspecified atom stereocenters. The minimum absolute atomic E-state index is 0.291. The van der Waals surface area contributed by atoms with E-state index in [9.17, 15) is 4.79 Å². The van der Waals surface area contributed by atoms with Gasteiger partial charge in [-0.3, -0.25) is 15.1 Å². The van der Waals surface area contributed by atoms with E-state index in [1.165, 1.54) is 12.8 Å². The van der Waals surface area contributed by atoms with Gasteiger partial charge in [0.1, 0.15) is 5.76 Å². The van der Waals surface area contributed by atoms with Crippen LogP contribution >= 0.6 is 0 Å². The van der Waals surface area contributed by atoms with Crippen LogP contribution in [0.5, 0.6) is 0 Å². The Hall–Kier alpha value is -1.33. The van der Waals surface area contributed by atoms with E-state index in [0.29, 0.717) is 17.9 Å². The van der Waals surface area contributed by atoms with E-state index in [1.54, 1.807) is 12.3 Å². The second-order valence-electron chi connectivity index (χ2n) is 5.59. The summed E-state index contributed by atoms with van der Waals surface area (Å²) in [5.41, 5.74) is 2.69. The first-order chi connectivity index (χ1) is 9.11. The number of nitrogen functional groups attached to an aromatic ring is 1. The van der Waals surface area contributed by atoms with Crippen molar-refractivity contribution in [3.63, 3.8) is 0 Å². The second kappa shape index (κ2) is 6.21. The highest BCUT2D eigenvalue weighted by Gasteiger charge is 2.23. The molecular weight excluding hydrogens is 242 g/mol. The zero-order valence-electron chi connectivity index (χ0n) is 11.7. The molecule has 0 bridgehead atoms. The number of carbonyl (C=O) groups excluding carboxylic acids is 1. The molecule has 5 nitrogen and oxygen atoms in total. The van der Waals surface area contributed by atoms with Crippen molar-refractivity contribution < 1.29 is 9.21 Å². The molecule has 0 aliphatic carbocycles. The number of nitrogens with one attached hydrogen (secondary N) is 1. The molecule has 106 valence electrons. The van der Waals surface area contributed by atoms with Gasteiger partial charge in [-0.15, -0.1) is 0 Å². The molecule has 1 aromatic rings. The standard InChI is InChI=1S/C14H23N3O2/c1-10(2)11-3-6-17(7-4-11)9-13-12(5-8-19-13)14(18)16-15/h5,8,10-11H,3-4,6-7,9,15H2,1-2H3,(H,16,18). The molecule has 2 rings (SSSR count). The van der Waals surface area contributed by atoms with Gasteiger partial charge in [-0.25, -0.2) is 5.84 Å². The van der Waals surface area contributed by atoms with Gasteiger partial charge in [0, 0.05) is 0 Å². The average Bonchev–Trinajstić information content (AvgIpc) is 2.86. The molecule has 0 radical (unpaired) electrons. The van der Waals surface area contributed by atoms with Crippen molar-refractivity contribution in [3.05, 3.63) is 23.7 Å². The Labute approximate surface area is 114 Å². The predicted molar refractivity (Wildman–Crippen MR) is 73.2 cm³/mol. The smallest absolute Gasteiger partial charge is 0.268 e. The quantitative estimate of drug-likeness (QED) is 0.494. The van der Waals surface area contributed by atoms with E-state index in [-0.39, 0.29) is 5.91 Å². The summed E-state index contributed by atoms with van der Waals surface area (Å²) < 4.78 is 5.41. The Kier molecular flexibility index (Phi) is 4.61. The normalized spacial score (nSPS) is 17.9. The summed E-state index contributed by atoms with van der Waals surface area (Å²) >= 11 is 0. The summed E-state index contributed by atoms with van der Waals surface area (Å²) in [7, 11) is 0. The van der Waals surface area contributed by atoms with E-state index < -0.39 is 0 Å². The molecule has 5 heteroatoms. The number of carbonyl (C=O) groups is 1. The Morgan fingerprint density at radius 3 is 2.79 bits per heavy atom. The van der Waals surface area contributed by atoms with Crippen LogP contribution in [0, 0.1) is 11.8 Å². The van der Waals surface area contributed by atoms with E-state index in [1.807, 2.05) is 0 Å². The van der Waals surface area contributed by atoms with Crippen molar-refractivity contribution in [1.82, 2.24) is 10.3 Å². The third-order valence-corrected chi connectivity index (χ3v) is 4.06. The molecule has 0 spiro atoms. The maximum atomic E-state index is 11.6. The van der Waals surface area contributed by atoms with Crippen LogP contribution in [0.1, 0.15) is 42.8 Å². The summed E-state index contributed by atoms with van der Waals surface area (Å²) in [4.78, 5) is 13.9. The van der Waals surface area contributed by atoms with Crippen LogP contribution in [0.4, 0.5) is 0 Å². The highest BCUT2D eigenvalue weighted by atomic mass is 16.3. The highest BCUT2D eigenvalue weighted by Crippen LogP contribution is 2.25. The summed E-state index contributed by atoms with van der Waals surface area (Å²) in [5, 5.41) is 0. The van der Waals surface area contributed by atoms with Crippen LogP contribution in [0.15, 0.2) is 16.7 Å². The molecule has 0 saturated carbocycles. The molecule has 19 heavy (non-hydrogen) atoms. The van der Waals surface area contributed by atoms with Gasteiger partial charge in [-0.1, -0.05) is 13.8 Å². The minimum Gasteiger partial charge on any atom is -0.467 e. The van der Waals surface area contributed by atoms with Gasteiger partial charge in [0.25, 0.3) is 5.91 Å². The lowest BCUT2D eigenvalue weighted by Gasteiger charge is -2.33. The molecule has 1 fully saturated rings. The van der Waals surface area contributed by atoms with Crippen LogP contribution < -0.4 is 11.3 Å². The Morgan fingerprint density at radius 1 is 1.53 bits per heavy atom. The molecule has 0 atom stereocenters. The molecule has 0 aromatic carbocycles. The molecule has 1 saturated heterocycles. The SMILES string of the molecule is CC(C)C1CCN(Cc2occc2C(=O)NN)CC1. The first-order valence-corrected chi connectivity index (χ1v) is 6.91. The average molecular weight is 265 g/mol. The fraction of sp³-hybridized carbons (Fsp3) is 0.643. The van der Waals surface area contributed by atoms with Gasteiger partial charge in [-0.05, 0) is 43.8 Å². The van der Waals surface area contributed by atoms with Crippen molar-refractivity contribution in [2.75, 3.05) is 13.1 Å². The minimum atomic E-state index is -0.291. The van der Waals surface area contributed by atoms with Crippen molar-refractivity contribution in [1.29, 1.82) is 0 Å². The van der Waals surface area contributed by atoms with Crippen LogP contribution in [0.3, 0.4) is 0 Å². The van der Waals surface area contributed by atoms with Gasteiger partial charge < -0.3 is 4.42 Å². The highest BCUT2D eigenvalue weighted by molar-refractivity contribution is 5.94. The fourth-order valence-electron chi connectivity index (χ4n) is 2.72. The largest absolute Gasteiger partial charge is 0.467 e. The van der Waals surface area contributed by atoms with E-state index in [0.717, 1.165) is 24.9 Å². The number of nitrogens with zero attached hydrogens (tertiary/aromatic N) is 1. The number of amides is 1. The number of hydrogen-bond donors (Lipinski definition) is 2. The maximum absolute atomic E-state index is 11.6. The topological polar surface area (TPSA) is 71.5 Å². The lowest BCUT2D eigenvalue weighted by atomic mass is 9.87. The molecular formula is C14H23N3O2. The van der Waals surface area contributed by atoms with Crippen molar-refractivity contribution in [2.24, 2.45) is 17.7 Å².